The van der Waals surface area contributed by atoms with Crippen LogP contribution in [0.5, 0.6) is 0 Å². The minimum Gasteiger partial charge on any atom is -0.456 e. The van der Waals surface area contributed by atoms with Gasteiger partial charge in [-0.1, -0.05) is 178 Å². The second-order valence-electron chi connectivity index (χ2n) is 25.0. The molecule has 0 unspecified atom stereocenters. The Balaban J connectivity index is 1.00. The lowest BCUT2D eigenvalue weighted by molar-refractivity contribution is 0.590. The van der Waals surface area contributed by atoms with Crippen LogP contribution < -0.4 is 31.1 Å². The van der Waals surface area contributed by atoms with Gasteiger partial charge in [0.05, 0.1) is 28.1 Å². The fraction of sp³-hybridized carbons (Fsp3) is 0.167. The molecule has 0 bridgehead atoms. The molecule has 0 N–H and O–H groups in total. The molecular formula is C72H61BN4O. The molecule has 2 aromatic heterocycles. The van der Waals surface area contributed by atoms with E-state index in [1.807, 2.05) is 6.07 Å². The third-order valence-corrected chi connectivity index (χ3v) is 17.2. The Kier molecular flexibility index (Phi) is 9.78. The molecule has 0 spiro atoms. The van der Waals surface area contributed by atoms with Gasteiger partial charge in [0, 0.05) is 61.4 Å². The maximum atomic E-state index is 6.41. The topological polar surface area (TPSA) is 27.8 Å². The third kappa shape index (κ3) is 6.81. The summed E-state index contributed by atoms with van der Waals surface area (Å²) in [5.41, 5.74) is 26.0. The summed E-state index contributed by atoms with van der Waals surface area (Å²) < 4.78 is 8.95. The monoisotopic (exact) mass is 1010 g/mol. The van der Waals surface area contributed by atoms with Crippen molar-refractivity contribution in [3.05, 3.63) is 223 Å². The minimum absolute atomic E-state index is 0.0191. The van der Waals surface area contributed by atoms with E-state index in [9.17, 15) is 0 Å². The quantitative estimate of drug-likeness (QED) is 0.161. The third-order valence-electron chi connectivity index (χ3n) is 17.2. The van der Waals surface area contributed by atoms with E-state index in [-0.39, 0.29) is 23.0 Å². The molecule has 0 radical (unpaired) electrons. The number of nitrogens with zero attached hydrogens (tertiary/aromatic N) is 4. The molecule has 0 aliphatic carbocycles. The molecule has 0 saturated heterocycles. The van der Waals surface area contributed by atoms with Gasteiger partial charge in [0.1, 0.15) is 11.2 Å². The maximum absolute atomic E-state index is 6.41. The van der Waals surface area contributed by atoms with Gasteiger partial charge in [0.25, 0.3) is 6.71 Å². The second-order valence-corrected chi connectivity index (χ2v) is 25.0. The lowest BCUT2D eigenvalue weighted by atomic mass is 9.33. The Morgan fingerprint density at radius 3 is 1.68 bits per heavy atom. The first-order valence-electron chi connectivity index (χ1n) is 27.7. The molecule has 0 amide bonds. The van der Waals surface area contributed by atoms with E-state index >= 15 is 0 Å². The summed E-state index contributed by atoms with van der Waals surface area (Å²) in [6, 6.07) is 77.8. The standard InChI is InChI=1S/C72H61BN4O/c1-70(2,3)45-29-35-48(36-30-45)74(49-37-31-46(32-38-49)71(4,5)6)51-39-40-56-61(43-51)75(50-33-27-44(28-34-50)52-19-15-26-65-66(52)55-18-11-13-25-64(55)78-65)62-41-47(72(7,8)9)42-63-67(62)73(56)57-21-16-24-60-69(57)77(63)59-23-14-20-54-53-17-10-12-22-58(53)76(60)68(54)59/h10-43H,1-9H3. The minimum atomic E-state index is -0.170. The molecule has 12 aromatic rings. The highest BCUT2D eigenvalue weighted by molar-refractivity contribution is 7.00. The SMILES string of the molecule is CC(C)(C)c1ccc(N(c2ccc(C(C)(C)C)cc2)c2ccc3c(c2)N(c2ccc(-c4cccc5oc6ccccc6c45)cc2)c2cc(C(C)(C)C)cc4c2B3c2cccc3c2N4c2cccc4c5ccccc5n-3c24)cc1. The fourth-order valence-corrected chi connectivity index (χ4v) is 13.2. The van der Waals surface area contributed by atoms with Crippen LogP contribution >= 0.6 is 0 Å². The van der Waals surface area contributed by atoms with Gasteiger partial charge in [0.15, 0.2) is 0 Å². The zero-order valence-electron chi connectivity index (χ0n) is 45.9. The van der Waals surface area contributed by atoms with E-state index in [0.29, 0.717) is 0 Å². The summed E-state index contributed by atoms with van der Waals surface area (Å²) >= 11 is 0. The number of aromatic nitrogens is 1. The van der Waals surface area contributed by atoms with E-state index in [4.69, 9.17) is 4.42 Å². The van der Waals surface area contributed by atoms with Crippen LogP contribution in [0.3, 0.4) is 0 Å². The predicted molar refractivity (Wildman–Crippen MR) is 332 cm³/mol. The Bertz CT molecular complexity index is 4390. The van der Waals surface area contributed by atoms with Crippen LogP contribution in [0.4, 0.5) is 51.2 Å². The zero-order valence-corrected chi connectivity index (χ0v) is 45.9. The molecule has 5 heterocycles. The first-order chi connectivity index (χ1) is 37.6. The van der Waals surface area contributed by atoms with E-state index in [0.717, 1.165) is 61.5 Å². The van der Waals surface area contributed by atoms with Crippen molar-refractivity contribution in [2.45, 2.75) is 78.6 Å². The Morgan fingerprint density at radius 2 is 0.987 bits per heavy atom. The normalized spacial score (nSPS) is 13.6. The van der Waals surface area contributed by atoms with Crippen molar-refractivity contribution in [1.82, 2.24) is 4.57 Å². The van der Waals surface area contributed by atoms with Crippen molar-refractivity contribution < 1.29 is 4.42 Å². The number of fused-ring (bicyclic) bond motifs is 12. The number of para-hydroxylation sites is 4. The van der Waals surface area contributed by atoms with E-state index in [1.165, 1.54) is 83.3 Å². The molecule has 10 aromatic carbocycles. The number of hydrogen-bond acceptors (Lipinski definition) is 4. The predicted octanol–water partition coefficient (Wildman–Crippen LogP) is 18.1. The summed E-state index contributed by atoms with van der Waals surface area (Å²) in [5.74, 6) is 0. The lowest BCUT2D eigenvalue weighted by Gasteiger charge is -2.47. The van der Waals surface area contributed by atoms with Crippen molar-refractivity contribution in [3.63, 3.8) is 0 Å². The van der Waals surface area contributed by atoms with Gasteiger partial charge in [-0.05, 0) is 151 Å². The van der Waals surface area contributed by atoms with Crippen LogP contribution in [0, 0.1) is 0 Å². The highest BCUT2D eigenvalue weighted by atomic mass is 16.3. The Hall–Kier alpha value is -8.74. The molecule has 0 saturated carbocycles. The number of benzene rings is 10. The van der Waals surface area contributed by atoms with Crippen molar-refractivity contribution in [2.75, 3.05) is 14.7 Å². The van der Waals surface area contributed by atoms with Crippen LogP contribution in [-0.4, -0.2) is 11.3 Å². The molecule has 0 atom stereocenters. The van der Waals surface area contributed by atoms with E-state index in [2.05, 4.69) is 282 Å². The first-order valence-corrected chi connectivity index (χ1v) is 27.7. The molecule has 3 aliphatic heterocycles. The average molecular weight is 1010 g/mol. The molecule has 0 fully saturated rings. The van der Waals surface area contributed by atoms with Crippen LogP contribution in [0.25, 0.3) is 60.6 Å². The lowest BCUT2D eigenvalue weighted by Crippen LogP contribution is -2.62. The van der Waals surface area contributed by atoms with Gasteiger partial charge in [-0.2, -0.15) is 0 Å². The summed E-state index contributed by atoms with van der Waals surface area (Å²) in [4.78, 5) is 7.66. The molecule has 5 nitrogen and oxygen atoms in total. The second kappa shape index (κ2) is 16.4. The van der Waals surface area contributed by atoms with Gasteiger partial charge in [-0.3, -0.25) is 0 Å². The smallest absolute Gasteiger partial charge is 0.252 e. The molecule has 78 heavy (non-hydrogen) atoms. The van der Waals surface area contributed by atoms with Crippen molar-refractivity contribution in [1.29, 1.82) is 0 Å². The Labute approximate surface area is 457 Å². The zero-order chi connectivity index (χ0) is 53.1. The summed E-state index contributed by atoms with van der Waals surface area (Å²) in [7, 11) is 0. The summed E-state index contributed by atoms with van der Waals surface area (Å²) in [5, 5.41) is 4.81. The highest BCUT2D eigenvalue weighted by Gasteiger charge is 2.47. The van der Waals surface area contributed by atoms with Gasteiger partial charge in [-0.15, -0.1) is 0 Å². The Morgan fingerprint density at radius 1 is 0.410 bits per heavy atom. The molecule has 15 rings (SSSR count). The molecular weight excluding hydrogens is 948 g/mol. The van der Waals surface area contributed by atoms with Gasteiger partial charge < -0.3 is 23.7 Å². The van der Waals surface area contributed by atoms with Crippen molar-refractivity contribution in [2.24, 2.45) is 0 Å². The number of hydrogen-bond donors (Lipinski definition) is 0. The largest absolute Gasteiger partial charge is 0.456 e. The highest BCUT2D eigenvalue weighted by Crippen LogP contribution is 2.54. The van der Waals surface area contributed by atoms with Crippen LogP contribution in [0.2, 0.25) is 0 Å². The molecule has 3 aliphatic rings. The first kappa shape index (κ1) is 46.6. The van der Waals surface area contributed by atoms with Crippen LogP contribution in [0.1, 0.15) is 79.0 Å². The van der Waals surface area contributed by atoms with E-state index in [1.54, 1.807) is 0 Å². The number of anilines is 9. The number of furan rings is 1. The molecule has 6 heteroatoms. The van der Waals surface area contributed by atoms with Gasteiger partial charge in [0.2, 0.25) is 0 Å². The summed E-state index contributed by atoms with van der Waals surface area (Å²) in [6.07, 6.45) is 0. The van der Waals surface area contributed by atoms with Gasteiger partial charge in [-0.25, -0.2) is 0 Å². The van der Waals surface area contributed by atoms with E-state index < -0.39 is 0 Å². The van der Waals surface area contributed by atoms with Gasteiger partial charge >= 0.3 is 0 Å². The van der Waals surface area contributed by atoms with Crippen LogP contribution in [0.15, 0.2) is 211 Å². The van der Waals surface area contributed by atoms with Crippen molar-refractivity contribution in [3.8, 4) is 16.8 Å². The number of rotatable bonds is 5. The molecule has 378 valence electrons. The summed E-state index contributed by atoms with van der Waals surface area (Å²) in [6.45, 7) is 20.8. The maximum Gasteiger partial charge on any atom is 0.252 e. The van der Waals surface area contributed by atoms with Crippen molar-refractivity contribution >= 4 is 118 Å². The fourth-order valence-electron chi connectivity index (χ4n) is 13.2. The average Bonchev–Trinajstić information content (AvgIpc) is 3.19. The van der Waals surface area contributed by atoms with Crippen LogP contribution in [-0.2, 0) is 16.2 Å².